The van der Waals surface area contributed by atoms with Gasteiger partial charge in [0, 0.05) is 12.1 Å². The Morgan fingerprint density at radius 3 is 2.45 bits per heavy atom. The molecule has 0 bridgehead atoms. The van der Waals surface area contributed by atoms with E-state index >= 15 is 0 Å². The molecule has 150 valence electrons. The summed E-state index contributed by atoms with van der Waals surface area (Å²) in [5.74, 6) is -0.801. The molecule has 2 aromatic carbocycles. The summed E-state index contributed by atoms with van der Waals surface area (Å²) in [5.41, 5.74) is 1.26. The quantitative estimate of drug-likeness (QED) is 0.596. The van der Waals surface area contributed by atoms with Gasteiger partial charge in [-0.15, -0.1) is 0 Å². The number of amides is 2. The van der Waals surface area contributed by atoms with Crippen molar-refractivity contribution in [2.45, 2.75) is 6.54 Å². The lowest BCUT2D eigenvalue weighted by Gasteiger charge is -2.18. The summed E-state index contributed by atoms with van der Waals surface area (Å²) < 4.78 is 20.1. The molecule has 2 amide bonds. The van der Waals surface area contributed by atoms with Gasteiger partial charge in [-0.3, -0.25) is 19.1 Å². The first-order chi connectivity index (χ1) is 14.0. The van der Waals surface area contributed by atoms with E-state index in [1.165, 1.54) is 35.9 Å². The molecule has 0 radical (unpaired) electrons. The van der Waals surface area contributed by atoms with Crippen molar-refractivity contribution in [3.8, 4) is 11.7 Å². The maximum Gasteiger partial charge on any atom is 0.303 e. The Kier molecular flexibility index (Phi) is 6.13. The number of hydrogen-bond donors (Lipinski definition) is 1. The van der Waals surface area contributed by atoms with Gasteiger partial charge in [0.2, 0.25) is 6.41 Å². The normalized spacial score (nSPS) is 10.5. The predicted molar refractivity (Wildman–Crippen MR) is 107 cm³/mol. The summed E-state index contributed by atoms with van der Waals surface area (Å²) in [4.78, 5) is 30.2. The Morgan fingerprint density at radius 2 is 1.90 bits per heavy atom. The fraction of sp³-hybridized carbons (Fsp3) is 0.150. The van der Waals surface area contributed by atoms with E-state index in [1.54, 1.807) is 31.3 Å². The third-order valence-electron chi connectivity index (χ3n) is 4.21. The van der Waals surface area contributed by atoms with E-state index in [4.69, 9.17) is 16.3 Å². The van der Waals surface area contributed by atoms with Gasteiger partial charge in [0.25, 0.3) is 5.91 Å². The molecule has 0 aliphatic heterocycles. The number of halogens is 2. The molecule has 29 heavy (non-hydrogen) atoms. The van der Waals surface area contributed by atoms with Gasteiger partial charge in [-0.25, -0.2) is 4.39 Å². The van der Waals surface area contributed by atoms with Crippen LogP contribution in [-0.4, -0.2) is 40.9 Å². The van der Waals surface area contributed by atoms with Crippen molar-refractivity contribution in [2.75, 3.05) is 19.5 Å². The van der Waals surface area contributed by atoms with Gasteiger partial charge in [-0.2, -0.15) is 4.98 Å². The third kappa shape index (κ3) is 4.22. The van der Waals surface area contributed by atoms with E-state index in [-0.39, 0.29) is 24.1 Å². The first-order valence-electron chi connectivity index (χ1n) is 8.59. The van der Waals surface area contributed by atoms with Crippen molar-refractivity contribution in [3.05, 3.63) is 70.6 Å². The van der Waals surface area contributed by atoms with Gasteiger partial charge in [-0.1, -0.05) is 23.7 Å². The highest BCUT2D eigenvalue weighted by molar-refractivity contribution is 6.30. The van der Waals surface area contributed by atoms with E-state index in [9.17, 15) is 14.0 Å². The monoisotopic (exact) mass is 416 g/mol. The molecule has 9 heteroatoms. The number of rotatable bonds is 7. The smallest absolute Gasteiger partial charge is 0.303 e. The lowest BCUT2D eigenvalue weighted by atomic mass is 10.2. The van der Waals surface area contributed by atoms with Crippen LogP contribution in [0.15, 0.2) is 48.5 Å². The Bertz CT molecular complexity index is 1020. The summed E-state index contributed by atoms with van der Waals surface area (Å²) in [6.45, 7) is 0.0412. The van der Waals surface area contributed by atoms with Crippen molar-refractivity contribution in [1.29, 1.82) is 0 Å². The molecule has 0 aliphatic carbocycles. The molecule has 0 unspecified atom stereocenters. The van der Waals surface area contributed by atoms with Crippen molar-refractivity contribution >= 4 is 29.7 Å². The molecule has 1 heterocycles. The number of ether oxygens (including phenoxy) is 1. The van der Waals surface area contributed by atoms with Crippen LogP contribution in [0.25, 0.3) is 5.69 Å². The Balaban J connectivity index is 2.06. The largest absolute Gasteiger partial charge is 0.468 e. The minimum absolute atomic E-state index is 0.0412. The number of anilines is 1. The molecule has 0 aliphatic rings. The summed E-state index contributed by atoms with van der Waals surface area (Å²) >= 11 is 5.89. The zero-order chi connectivity index (χ0) is 21.0. The van der Waals surface area contributed by atoms with Crippen LogP contribution in [0.3, 0.4) is 0 Å². The second-order valence-corrected chi connectivity index (χ2v) is 6.46. The molecule has 1 aromatic heterocycles. The summed E-state index contributed by atoms with van der Waals surface area (Å²) in [6.07, 6.45) is 0.449. The second-order valence-electron chi connectivity index (χ2n) is 6.02. The zero-order valence-corrected chi connectivity index (χ0v) is 16.5. The highest BCUT2D eigenvalue weighted by Crippen LogP contribution is 2.28. The second kappa shape index (κ2) is 8.74. The van der Waals surface area contributed by atoms with Crippen LogP contribution < -0.4 is 10.1 Å². The maximum absolute atomic E-state index is 13.4. The number of nitrogens with zero attached hydrogens (tertiary/aromatic N) is 3. The summed E-state index contributed by atoms with van der Waals surface area (Å²) in [7, 11) is 3.00. The van der Waals surface area contributed by atoms with Crippen molar-refractivity contribution in [2.24, 2.45) is 0 Å². The minimum atomic E-state index is -0.598. The molecular weight excluding hydrogens is 399 g/mol. The van der Waals surface area contributed by atoms with Crippen LogP contribution in [0.1, 0.15) is 16.1 Å². The number of carbonyl (C=O) groups excluding carboxylic acids is 2. The molecule has 0 spiro atoms. The number of carbonyl (C=O) groups is 2. The third-order valence-corrected chi connectivity index (χ3v) is 4.46. The molecule has 7 nitrogen and oxygen atoms in total. The van der Waals surface area contributed by atoms with Crippen molar-refractivity contribution in [3.63, 3.8) is 0 Å². The van der Waals surface area contributed by atoms with Crippen LogP contribution >= 0.6 is 11.6 Å². The highest BCUT2D eigenvalue weighted by atomic mass is 35.5. The van der Waals surface area contributed by atoms with E-state index in [2.05, 4.69) is 10.3 Å². The molecule has 1 N–H and O–H groups in total. The first-order valence-corrected chi connectivity index (χ1v) is 8.97. The molecule has 3 aromatic rings. The van der Waals surface area contributed by atoms with Crippen LogP contribution in [0.4, 0.5) is 10.2 Å². The van der Waals surface area contributed by atoms with Crippen LogP contribution in [0.5, 0.6) is 6.01 Å². The van der Waals surface area contributed by atoms with E-state index in [0.717, 1.165) is 10.5 Å². The number of aromatic nitrogens is 2. The van der Waals surface area contributed by atoms with E-state index in [0.29, 0.717) is 17.1 Å². The lowest BCUT2D eigenvalue weighted by molar-refractivity contribution is -0.116. The first kappa shape index (κ1) is 20.3. The molecule has 0 saturated carbocycles. The average Bonchev–Trinajstić information content (AvgIpc) is 3.12. The number of imide groups is 1. The van der Waals surface area contributed by atoms with Gasteiger partial charge in [0.05, 0.1) is 19.3 Å². The summed E-state index contributed by atoms with van der Waals surface area (Å²) in [6, 6.07) is 12.4. The van der Waals surface area contributed by atoms with Crippen molar-refractivity contribution < 1.29 is 18.7 Å². The van der Waals surface area contributed by atoms with Gasteiger partial charge in [0.15, 0.2) is 11.5 Å². The van der Waals surface area contributed by atoms with E-state index in [1.807, 2.05) is 0 Å². The summed E-state index contributed by atoms with van der Waals surface area (Å²) in [5, 5.41) is 3.39. The van der Waals surface area contributed by atoms with Crippen molar-refractivity contribution in [1.82, 2.24) is 14.5 Å². The van der Waals surface area contributed by atoms with Crippen LogP contribution in [0.2, 0.25) is 5.02 Å². The zero-order valence-electron chi connectivity index (χ0n) is 15.7. The van der Waals surface area contributed by atoms with Crippen LogP contribution in [-0.2, 0) is 11.3 Å². The average molecular weight is 417 g/mol. The molecule has 0 fully saturated rings. The van der Waals surface area contributed by atoms with Gasteiger partial charge in [0.1, 0.15) is 5.82 Å². The maximum atomic E-state index is 13.4. The number of hydrogen-bond acceptors (Lipinski definition) is 5. The Hall–Kier alpha value is -3.39. The fourth-order valence-electron chi connectivity index (χ4n) is 2.82. The number of methoxy groups -OCH3 is 1. The minimum Gasteiger partial charge on any atom is -0.468 e. The van der Waals surface area contributed by atoms with Gasteiger partial charge >= 0.3 is 6.01 Å². The Morgan fingerprint density at radius 1 is 1.24 bits per heavy atom. The molecule has 3 rings (SSSR count). The fourth-order valence-corrected chi connectivity index (χ4v) is 2.94. The topological polar surface area (TPSA) is 76.5 Å². The predicted octanol–water partition coefficient (Wildman–Crippen LogP) is 3.51. The lowest BCUT2D eigenvalue weighted by Crippen LogP contribution is -2.31. The van der Waals surface area contributed by atoms with Gasteiger partial charge < -0.3 is 10.1 Å². The molecule has 0 atom stereocenters. The van der Waals surface area contributed by atoms with Crippen LogP contribution in [0, 0.1) is 5.82 Å². The SMILES string of the molecule is CNc1nc(OC)n(-c2ccc(F)cc2)c1C(=O)N(C=O)Cc1ccc(Cl)cc1. The highest BCUT2D eigenvalue weighted by Gasteiger charge is 2.28. The molecule has 0 saturated heterocycles. The molecular formula is C20H18ClFN4O3. The standard InChI is InChI=1S/C20H18ClFN4O3/c1-23-18-17(19(28)25(12-27)11-13-3-5-14(21)6-4-13)26(20(24-18)29-2)16-9-7-15(22)8-10-16/h3-10,12,23H,11H2,1-2H3. The number of benzene rings is 2. The van der Waals surface area contributed by atoms with Gasteiger partial charge in [-0.05, 0) is 42.0 Å². The Labute approximate surface area is 171 Å². The number of nitrogens with one attached hydrogen (secondary N) is 1. The van der Waals surface area contributed by atoms with E-state index < -0.39 is 11.7 Å². The number of imidazole rings is 1.